The first-order valence-electron chi connectivity index (χ1n) is 8.80. The van der Waals surface area contributed by atoms with Gasteiger partial charge in [0.25, 0.3) is 0 Å². The molecule has 0 bridgehead atoms. The predicted molar refractivity (Wildman–Crippen MR) is 92.5 cm³/mol. The molecule has 0 unspecified atom stereocenters. The molecule has 6 heteroatoms. The van der Waals surface area contributed by atoms with Crippen molar-refractivity contribution in [3.05, 3.63) is 12.7 Å². The van der Waals surface area contributed by atoms with Gasteiger partial charge in [-0.2, -0.15) is 4.31 Å². The number of hydrogen-bond acceptors (Lipinski definition) is 3. The second-order valence-electron chi connectivity index (χ2n) is 6.88. The fourth-order valence-corrected chi connectivity index (χ4v) is 5.75. The number of amides is 1. The van der Waals surface area contributed by atoms with E-state index in [4.69, 9.17) is 0 Å². The van der Waals surface area contributed by atoms with E-state index < -0.39 is 15.3 Å². The summed E-state index contributed by atoms with van der Waals surface area (Å²) in [6, 6.07) is 0. The van der Waals surface area contributed by atoms with Crippen LogP contribution in [0.3, 0.4) is 0 Å². The molecule has 2 aliphatic rings. The van der Waals surface area contributed by atoms with Gasteiger partial charge in [-0.25, -0.2) is 8.42 Å². The van der Waals surface area contributed by atoms with Crippen LogP contribution in [-0.2, 0) is 14.8 Å². The van der Waals surface area contributed by atoms with Gasteiger partial charge in [-0.15, -0.1) is 6.58 Å². The maximum absolute atomic E-state index is 13.1. The monoisotopic (exact) mass is 342 g/mol. The standard InChI is InChI=1S/C17H30N2O3S/c1-3-11-19(13-16-8-5-4-6-9-16)23(21,22)17-10-7-12-18(14-17)15(2)20/h3,16-17H,1,4-14H2,2H3/t17-/m1/s1. The summed E-state index contributed by atoms with van der Waals surface area (Å²) in [5.41, 5.74) is 0. The molecule has 1 aliphatic heterocycles. The Hall–Kier alpha value is -0.880. The Morgan fingerprint density at radius 3 is 2.52 bits per heavy atom. The van der Waals surface area contributed by atoms with Crippen LogP contribution in [0, 0.1) is 5.92 Å². The average Bonchev–Trinajstić information content (AvgIpc) is 2.55. The molecular weight excluding hydrogens is 312 g/mol. The van der Waals surface area contributed by atoms with Crippen molar-refractivity contribution >= 4 is 15.9 Å². The largest absolute Gasteiger partial charge is 0.342 e. The Morgan fingerprint density at radius 2 is 1.91 bits per heavy atom. The highest BCUT2D eigenvalue weighted by Crippen LogP contribution is 2.27. The molecule has 0 spiro atoms. The van der Waals surface area contributed by atoms with Gasteiger partial charge >= 0.3 is 0 Å². The van der Waals surface area contributed by atoms with Crippen LogP contribution in [0.25, 0.3) is 0 Å². The predicted octanol–water partition coefficient (Wildman–Crippen LogP) is 2.40. The molecule has 1 heterocycles. The highest BCUT2D eigenvalue weighted by Gasteiger charge is 2.36. The average molecular weight is 343 g/mol. The third kappa shape index (κ3) is 4.80. The lowest BCUT2D eigenvalue weighted by Gasteiger charge is -2.36. The number of sulfonamides is 1. The zero-order chi connectivity index (χ0) is 16.9. The number of likely N-dealkylation sites (tertiary alicyclic amines) is 1. The van der Waals surface area contributed by atoms with Crippen molar-refractivity contribution in [2.45, 2.75) is 57.1 Å². The Labute approximate surface area is 140 Å². The van der Waals surface area contributed by atoms with Crippen molar-refractivity contribution < 1.29 is 13.2 Å². The van der Waals surface area contributed by atoms with Gasteiger partial charge in [0.2, 0.25) is 15.9 Å². The van der Waals surface area contributed by atoms with E-state index >= 15 is 0 Å². The van der Waals surface area contributed by atoms with Crippen LogP contribution in [0.4, 0.5) is 0 Å². The Balaban J connectivity index is 2.08. The number of carbonyl (C=O) groups excluding carboxylic acids is 1. The lowest BCUT2D eigenvalue weighted by Crippen LogP contribution is -2.50. The van der Waals surface area contributed by atoms with E-state index in [1.807, 2.05) is 0 Å². The minimum absolute atomic E-state index is 0.0348. The smallest absolute Gasteiger partial charge is 0.219 e. The Bertz CT molecular complexity index is 512. The second kappa shape index (κ2) is 8.29. The molecule has 0 aromatic rings. The topological polar surface area (TPSA) is 57.7 Å². The molecule has 23 heavy (non-hydrogen) atoms. The molecule has 1 saturated heterocycles. The summed E-state index contributed by atoms with van der Waals surface area (Å²) in [6.07, 6.45) is 8.98. The molecule has 1 aliphatic carbocycles. The molecule has 1 saturated carbocycles. The van der Waals surface area contributed by atoms with Gasteiger partial charge in [0.1, 0.15) is 0 Å². The first-order chi connectivity index (χ1) is 10.9. The third-order valence-electron chi connectivity index (χ3n) is 5.12. The first kappa shape index (κ1) is 18.5. The van der Waals surface area contributed by atoms with E-state index in [-0.39, 0.29) is 5.91 Å². The molecule has 0 aromatic carbocycles. The van der Waals surface area contributed by atoms with E-state index in [0.717, 1.165) is 19.3 Å². The summed E-state index contributed by atoms with van der Waals surface area (Å²) in [4.78, 5) is 13.3. The zero-order valence-electron chi connectivity index (χ0n) is 14.2. The van der Waals surface area contributed by atoms with Gasteiger partial charge < -0.3 is 4.90 Å². The van der Waals surface area contributed by atoms with Gasteiger partial charge in [-0.1, -0.05) is 25.3 Å². The summed E-state index contributed by atoms with van der Waals surface area (Å²) >= 11 is 0. The lowest BCUT2D eigenvalue weighted by molar-refractivity contribution is -0.129. The fraction of sp³-hybridized carbons (Fsp3) is 0.824. The molecule has 0 radical (unpaired) electrons. The molecule has 0 N–H and O–H groups in total. The maximum Gasteiger partial charge on any atom is 0.219 e. The Morgan fingerprint density at radius 1 is 1.22 bits per heavy atom. The molecule has 1 atom stereocenters. The van der Waals surface area contributed by atoms with Crippen LogP contribution in [0.15, 0.2) is 12.7 Å². The summed E-state index contributed by atoms with van der Waals surface area (Å²) in [5.74, 6) is 0.429. The summed E-state index contributed by atoms with van der Waals surface area (Å²) in [7, 11) is -3.38. The van der Waals surface area contributed by atoms with Gasteiger partial charge in [-0.3, -0.25) is 4.79 Å². The molecule has 5 nitrogen and oxygen atoms in total. The van der Waals surface area contributed by atoms with Crippen LogP contribution in [0.2, 0.25) is 0 Å². The molecule has 2 fully saturated rings. The van der Waals surface area contributed by atoms with Gasteiger partial charge in [0.15, 0.2) is 0 Å². The quantitative estimate of drug-likeness (QED) is 0.697. The number of nitrogens with zero attached hydrogens (tertiary/aromatic N) is 2. The molecular formula is C17H30N2O3S. The highest BCUT2D eigenvalue weighted by molar-refractivity contribution is 7.89. The van der Waals surface area contributed by atoms with Crippen LogP contribution < -0.4 is 0 Å². The highest BCUT2D eigenvalue weighted by atomic mass is 32.2. The first-order valence-corrected chi connectivity index (χ1v) is 10.3. The van der Waals surface area contributed by atoms with Crippen LogP contribution in [-0.4, -0.2) is 55.0 Å². The number of hydrogen-bond donors (Lipinski definition) is 0. The van der Waals surface area contributed by atoms with Crippen molar-refractivity contribution in [3.8, 4) is 0 Å². The minimum Gasteiger partial charge on any atom is -0.342 e. The van der Waals surface area contributed by atoms with Gasteiger partial charge in [-0.05, 0) is 31.6 Å². The van der Waals surface area contributed by atoms with Gasteiger partial charge in [0.05, 0.1) is 5.25 Å². The van der Waals surface area contributed by atoms with E-state index in [1.165, 1.54) is 26.2 Å². The number of piperidine rings is 1. The molecule has 0 aromatic heterocycles. The van der Waals surface area contributed by atoms with Crippen LogP contribution >= 0.6 is 0 Å². The fourth-order valence-electron chi connectivity index (χ4n) is 3.76. The lowest BCUT2D eigenvalue weighted by atomic mass is 9.89. The minimum atomic E-state index is -3.38. The summed E-state index contributed by atoms with van der Waals surface area (Å²) in [5, 5.41) is -0.469. The normalized spacial score (nSPS) is 23.9. The van der Waals surface area contributed by atoms with Crippen molar-refractivity contribution in [2.24, 2.45) is 5.92 Å². The zero-order valence-corrected chi connectivity index (χ0v) is 15.1. The summed E-state index contributed by atoms with van der Waals surface area (Å²) < 4.78 is 27.7. The van der Waals surface area contributed by atoms with E-state index in [9.17, 15) is 13.2 Å². The SMILES string of the molecule is C=CCN(CC1CCCCC1)S(=O)(=O)[C@@H]1CCCN(C(C)=O)C1. The Kier molecular flexibility index (Phi) is 6.65. The molecule has 1 amide bonds. The van der Waals surface area contributed by atoms with Crippen molar-refractivity contribution in [1.29, 1.82) is 0 Å². The number of carbonyl (C=O) groups is 1. The summed E-state index contributed by atoms with van der Waals surface area (Å²) in [6.45, 7) is 7.21. The third-order valence-corrected chi connectivity index (χ3v) is 7.37. The van der Waals surface area contributed by atoms with E-state index in [0.29, 0.717) is 38.5 Å². The van der Waals surface area contributed by atoms with Crippen molar-refractivity contribution in [1.82, 2.24) is 9.21 Å². The van der Waals surface area contributed by atoms with Crippen LogP contribution in [0.5, 0.6) is 0 Å². The van der Waals surface area contributed by atoms with Gasteiger partial charge in [0, 0.05) is 33.1 Å². The molecule has 132 valence electrons. The molecule has 2 rings (SSSR count). The maximum atomic E-state index is 13.1. The van der Waals surface area contributed by atoms with Crippen molar-refractivity contribution in [2.75, 3.05) is 26.2 Å². The van der Waals surface area contributed by atoms with E-state index in [1.54, 1.807) is 15.3 Å². The van der Waals surface area contributed by atoms with Crippen LogP contribution in [0.1, 0.15) is 51.9 Å². The second-order valence-corrected chi connectivity index (χ2v) is 9.10. The number of rotatable bonds is 6. The van der Waals surface area contributed by atoms with E-state index in [2.05, 4.69) is 6.58 Å². The van der Waals surface area contributed by atoms with Crippen molar-refractivity contribution in [3.63, 3.8) is 0 Å².